The van der Waals surface area contributed by atoms with E-state index in [1.54, 1.807) is 19.1 Å². The first kappa shape index (κ1) is 16.9. The number of hydrogen-bond donors (Lipinski definition) is 2. The van der Waals surface area contributed by atoms with Crippen molar-refractivity contribution in [2.75, 3.05) is 20.8 Å². The zero-order valence-corrected chi connectivity index (χ0v) is 13.6. The standard InChI is InChI=1S/C13H21N3O5S/c1-9(8-20-3)14-13(17)11-7-10(12-5-4-6-21-12)15-22(18,19)16(11)2/h4-6,9-11,15H,7-8H2,1-3H3,(H,14,17)/t9-,10+,11-/m1/s1. The van der Waals surface area contributed by atoms with Gasteiger partial charge in [0.05, 0.1) is 18.9 Å². The fourth-order valence-corrected chi connectivity index (χ4v) is 3.67. The zero-order chi connectivity index (χ0) is 16.3. The minimum absolute atomic E-state index is 0.203. The van der Waals surface area contributed by atoms with Crippen LogP contribution >= 0.6 is 0 Å². The van der Waals surface area contributed by atoms with Crippen LogP contribution in [0.4, 0.5) is 0 Å². The van der Waals surface area contributed by atoms with Gasteiger partial charge >= 0.3 is 0 Å². The van der Waals surface area contributed by atoms with Gasteiger partial charge in [-0.15, -0.1) is 0 Å². The molecule has 0 aromatic carbocycles. The van der Waals surface area contributed by atoms with Crippen LogP contribution in [-0.4, -0.2) is 51.5 Å². The van der Waals surface area contributed by atoms with Crippen LogP contribution in [0.5, 0.6) is 0 Å². The van der Waals surface area contributed by atoms with Gasteiger partial charge in [-0.05, 0) is 25.5 Å². The minimum Gasteiger partial charge on any atom is -0.468 e. The SMILES string of the molecule is COC[C@@H](C)NC(=O)[C@H]1C[C@@H](c2ccco2)NS(=O)(=O)N1C. The number of carbonyl (C=O) groups excluding carboxylic acids is 1. The van der Waals surface area contributed by atoms with Crippen LogP contribution in [0.15, 0.2) is 22.8 Å². The number of carbonyl (C=O) groups is 1. The molecule has 124 valence electrons. The Labute approximate surface area is 130 Å². The van der Waals surface area contributed by atoms with Gasteiger partial charge in [0.25, 0.3) is 10.2 Å². The molecule has 1 fully saturated rings. The quantitative estimate of drug-likeness (QED) is 0.791. The summed E-state index contributed by atoms with van der Waals surface area (Å²) in [6.45, 7) is 2.15. The van der Waals surface area contributed by atoms with Crippen LogP contribution in [0.2, 0.25) is 0 Å². The number of nitrogens with one attached hydrogen (secondary N) is 2. The number of furan rings is 1. The van der Waals surface area contributed by atoms with Crippen molar-refractivity contribution in [3.63, 3.8) is 0 Å². The zero-order valence-electron chi connectivity index (χ0n) is 12.8. The van der Waals surface area contributed by atoms with Gasteiger partial charge in [-0.2, -0.15) is 17.4 Å². The van der Waals surface area contributed by atoms with Crippen molar-refractivity contribution in [2.24, 2.45) is 0 Å². The Morgan fingerprint density at radius 2 is 2.36 bits per heavy atom. The van der Waals surface area contributed by atoms with Gasteiger partial charge in [-0.3, -0.25) is 4.79 Å². The molecule has 0 unspecified atom stereocenters. The molecular weight excluding hydrogens is 310 g/mol. The lowest BCUT2D eigenvalue weighted by molar-refractivity contribution is -0.126. The lowest BCUT2D eigenvalue weighted by Gasteiger charge is -2.35. The summed E-state index contributed by atoms with van der Waals surface area (Å²) >= 11 is 0. The molecule has 22 heavy (non-hydrogen) atoms. The lowest BCUT2D eigenvalue weighted by Crippen LogP contribution is -2.58. The Hall–Kier alpha value is -1.42. The molecule has 2 N–H and O–H groups in total. The van der Waals surface area contributed by atoms with Crippen molar-refractivity contribution in [1.82, 2.24) is 14.3 Å². The average molecular weight is 331 g/mol. The first-order valence-electron chi connectivity index (χ1n) is 6.93. The number of likely N-dealkylation sites (N-methyl/N-ethyl adjacent to an activating group) is 1. The summed E-state index contributed by atoms with van der Waals surface area (Å²) in [7, 11) is -0.828. The van der Waals surface area contributed by atoms with Crippen molar-refractivity contribution in [2.45, 2.75) is 31.5 Å². The molecule has 9 heteroatoms. The van der Waals surface area contributed by atoms with E-state index in [0.29, 0.717) is 12.4 Å². The van der Waals surface area contributed by atoms with Crippen molar-refractivity contribution < 1.29 is 22.4 Å². The molecule has 1 saturated heterocycles. The second-order valence-electron chi connectivity index (χ2n) is 5.32. The average Bonchev–Trinajstić information content (AvgIpc) is 2.95. The number of nitrogens with zero attached hydrogens (tertiary/aromatic N) is 1. The molecule has 3 atom stereocenters. The minimum atomic E-state index is -3.75. The van der Waals surface area contributed by atoms with E-state index in [0.717, 1.165) is 4.31 Å². The monoisotopic (exact) mass is 331 g/mol. The molecule has 1 aliphatic heterocycles. The first-order chi connectivity index (χ1) is 10.3. The summed E-state index contributed by atoms with van der Waals surface area (Å²) < 4.78 is 38.1. The summed E-state index contributed by atoms with van der Waals surface area (Å²) in [6, 6.07) is 1.79. The third kappa shape index (κ3) is 3.67. The van der Waals surface area contributed by atoms with Gasteiger partial charge in [0.2, 0.25) is 5.91 Å². The molecule has 0 bridgehead atoms. The predicted molar refractivity (Wildman–Crippen MR) is 79.2 cm³/mol. The molecule has 0 saturated carbocycles. The third-order valence-electron chi connectivity index (χ3n) is 3.56. The number of rotatable bonds is 5. The summed E-state index contributed by atoms with van der Waals surface area (Å²) in [5.74, 6) is 0.132. The van der Waals surface area contributed by atoms with E-state index in [9.17, 15) is 13.2 Å². The van der Waals surface area contributed by atoms with Gasteiger partial charge < -0.3 is 14.5 Å². The van der Waals surface area contributed by atoms with Crippen LogP contribution in [-0.2, 0) is 19.7 Å². The van der Waals surface area contributed by atoms with E-state index >= 15 is 0 Å². The Balaban J connectivity index is 2.16. The molecule has 2 rings (SSSR count). The molecule has 2 heterocycles. The molecule has 1 aromatic heterocycles. The summed E-state index contributed by atoms with van der Waals surface area (Å²) in [4.78, 5) is 12.4. The van der Waals surface area contributed by atoms with Crippen LogP contribution in [0, 0.1) is 0 Å². The molecule has 1 aliphatic rings. The maximum Gasteiger partial charge on any atom is 0.280 e. The van der Waals surface area contributed by atoms with Crippen molar-refractivity contribution >= 4 is 16.1 Å². The van der Waals surface area contributed by atoms with Gasteiger partial charge in [-0.1, -0.05) is 0 Å². The van der Waals surface area contributed by atoms with E-state index < -0.39 is 22.3 Å². The molecule has 8 nitrogen and oxygen atoms in total. The maximum atomic E-state index is 12.4. The molecule has 1 amide bonds. The Morgan fingerprint density at radius 3 is 2.95 bits per heavy atom. The maximum absolute atomic E-state index is 12.4. The molecule has 0 radical (unpaired) electrons. The van der Waals surface area contributed by atoms with E-state index in [1.807, 2.05) is 0 Å². The van der Waals surface area contributed by atoms with Crippen molar-refractivity contribution in [1.29, 1.82) is 0 Å². The largest absolute Gasteiger partial charge is 0.468 e. The highest BCUT2D eigenvalue weighted by Gasteiger charge is 2.41. The number of ether oxygens (including phenoxy) is 1. The summed E-state index contributed by atoms with van der Waals surface area (Å²) in [5, 5.41) is 2.76. The van der Waals surface area contributed by atoms with Crippen molar-refractivity contribution in [3.05, 3.63) is 24.2 Å². The fraction of sp³-hybridized carbons (Fsp3) is 0.615. The van der Waals surface area contributed by atoms with E-state index in [1.165, 1.54) is 20.4 Å². The molecule has 1 aromatic rings. The van der Waals surface area contributed by atoms with E-state index in [-0.39, 0.29) is 18.4 Å². The summed E-state index contributed by atoms with van der Waals surface area (Å²) in [6.07, 6.45) is 1.76. The number of methoxy groups -OCH3 is 1. The predicted octanol–water partition coefficient (Wildman–Crippen LogP) is 0.0103. The highest BCUT2D eigenvalue weighted by atomic mass is 32.2. The smallest absolute Gasteiger partial charge is 0.280 e. The van der Waals surface area contributed by atoms with Crippen LogP contribution < -0.4 is 10.0 Å². The number of hydrogen-bond acceptors (Lipinski definition) is 5. The third-order valence-corrected chi connectivity index (χ3v) is 5.16. The van der Waals surface area contributed by atoms with Gasteiger partial charge in [0.1, 0.15) is 11.8 Å². The molecule has 0 spiro atoms. The van der Waals surface area contributed by atoms with Crippen molar-refractivity contribution in [3.8, 4) is 0 Å². The lowest BCUT2D eigenvalue weighted by atomic mass is 10.0. The molecular formula is C13H21N3O5S. The highest BCUT2D eigenvalue weighted by Crippen LogP contribution is 2.28. The van der Waals surface area contributed by atoms with E-state index in [4.69, 9.17) is 9.15 Å². The van der Waals surface area contributed by atoms with Gasteiger partial charge in [0.15, 0.2) is 0 Å². The highest BCUT2D eigenvalue weighted by molar-refractivity contribution is 7.87. The van der Waals surface area contributed by atoms with Gasteiger partial charge in [-0.25, -0.2) is 0 Å². The second kappa shape index (κ2) is 6.78. The van der Waals surface area contributed by atoms with Gasteiger partial charge in [0, 0.05) is 20.2 Å². The first-order valence-corrected chi connectivity index (χ1v) is 8.37. The number of amides is 1. The van der Waals surface area contributed by atoms with Crippen LogP contribution in [0.25, 0.3) is 0 Å². The Kier molecular flexibility index (Phi) is 5.22. The fourth-order valence-electron chi connectivity index (χ4n) is 2.42. The second-order valence-corrected chi connectivity index (χ2v) is 7.09. The summed E-state index contributed by atoms with van der Waals surface area (Å²) in [5.41, 5.74) is 0. The Morgan fingerprint density at radius 1 is 1.64 bits per heavy atom. The van der Waals surface area contributed by atoms with E-state index in [2.05, 4.69) is 10.0 Å². The molecule has 0 aliphatic carbocycles. The van der Waals surface area contributed by atoms with Crippen LogP contribution in [0.1, 0.15) is 25.1 Å². The normalized spacial score (nSPS) is 26.5. The topological polar surface area (TPSA) is 101 Å². The van der Waals surface area contributed by atoms with Crippen LogP contribution in [0.3, 0.4) is 0 Å². The Bertz CT molecular complexity index is 601.